The highest BCUT2D eigenvalue weighted by molar-refractivity contribution is 8.00. The third-order valence-corrected chi connectivity index (χ3v) is 4.62. The van der Waals surface area contributed by atoms with Crippen LogP contribution in [0.4, 0.5) is 0 Å². The molecule has 0 aliphatic rings. The lowest BCUT2D eigenvalue weighted by molar-refractivity contribution is 0.641. The van der Waals surface area contributed by atoms with E-state index < -0.39 is 0 Å². The fourth-order valence-corrected chi connectivity index (χ4v) is 2.81. The fourth-order valence-electron chi connectivity index (χ4n) is 1.51. The summed E-state index contributed by atoms with van der Waals surface area (Å²) in [4.78, 5) is 1.31. The molecule has 2 unspecified atom stereocenters. The van der Waals surface area contributed by atoms with E-state index in [9.17, 15) is 0 Å². The maximum absolute atomic E-state index is 6.05. The van der Waals surface area contributed by atoms with E-state index in [1.165, 1.54) is 10.5 Å². The van der Waals surface area contributed by atoms with E-state index in [0.717, 1.165) is 11.4 Å². The monoisotopic (exact) mass is 271 g/mol. The Labute approximate surface area is 114 Å². The zero-order chi connectivity index (χ0) is 13.0. The molecule has 2 atom stereocenters. The second-order valence-electron chi connectivity index (χ2n) is 5.00. The van der Waals surface area contributed by atoms with Crippen molar-refractivity contribution in [2.75, 3.05) is 0 Å². The number of thioether (sulfide) groups is 1. The lowest BCUT2D eigenvalue weighted by Crippen LogP contribution is -2.18. The molecule has 96 valence electrons. The molecule has 0 fully saturated rings. The van der Waals surface area contributed by atoms with E-state index >= 15 is 0 Å². The van der Waals surface area contributed by atoms with Gasteiger partial charge in [0.05, 0.1) is 0 Å². The van der Waals surface area contributed by atoms with Crippen LogP contribution >= 0.6 is 23.4 Å². The first-order valence-corrected chi connectivity index (χ1v) is 7.36. The zero-order valence-corrected chi connectivity index (χ0v) is 12.6. The molecule has 1 aromatic carbocycles. The molecule has 3 heteroatoms. The van der Waals surface area contributed by atoms with Crippen LogP contribution in [-0.4, -0.2) is 11.3 Å². The first-order valence-electron chi connectivity index (χ1n) is 6.10. The maximum atomic E-state index is 6.05. The summed E-state index contributed by atoms with van der Waals surface area (Å²) in [6.45, 7) is 8.79. The van der Waals surface area contributed by atoms with Crippen molar-refractivity contribution in [1.82, 2.24) is 0 Å². The summed E-state index contributed by atoms with van der Waals surface area (Å²) in [5.41, 5.74) is 7.15. The largest absolute Gasteiger partial charge is 0.328 e. The summed E-state index contributed by atoms with van der Waals surface area (Å²) in [7, 11) is 0. The Morgan fingerprint density at radius 2 is 1.88 bits per heavy atom. The molecule has 0 bridgehead atoms. The van der Waals surface area contributed by atoms with Crippen molar-refractivity contribution < 1.29 is 0 Å². The Balaban J connectivity index is 2.89. The van der Waals surface area contributed by atoms with Crippen LogP contribution in [-0.2, 0) is 6.42 Å². The van der Waals surface area contributed by atoms with Crippen LogP contribution in [0.15, 0.2) is 23.1 Å². The average Bonchev–Trinajstić information content (AvgIpc) is 2.20. The molecule has 0 aliphatic heterocycles. The highest BCUT2D eigenvalue weighted by Crippen LogP contribution is 2.32. The number of hydrogen-bond acceptors (Lipinski definition) is 2. The third kappa shape index (κ3) is 4.90. The van der Waals surface area contributed by atoms with Crippen LogP contribution in [0, 0.1) is 5.92 Å². The Hall–Kier alpha value is -0.180. The summed E-state index contributed by atoms with van der Waals surface area (Å²) in [6, 6.07) is 6.29. The average molecular weight is 272 g/mol. The van der Waals surface area contributed by atoms with Crippen molar-refractivity contribution >= 4 is 23.4 Å². The first kappa shape index (κ1) is 14.9. The van der Waals surface area contributed by atoms with Crippen LogP contribution < -0.4 is 5.73 Å². The number of benzene rings is 1. The van der Waals surface area contributed by atoms with E-state index in [1.807, 2.05) is 30.8 Å². The van der Waals surface area contributed by atoms with Gasteiger partial charge < -0.3 is 5.73 Å². The predicted octanol–water partition coefficient (Wildman–Crippen LogP) is 4.37. The molecule has 0 aliphatic carbocycles. The quantitative estimate of drug-likeness (QED) is 0.805. The minimum Gasteiger partial charge on any atom is -0.328 e. The molecule has 0 saturated carbocycles. The first-order chi connectivity index (χ1) is 7.90. The van der Waals surface area contributed by atoms with Gasteiger partial charge in [0.1, 0.15) is 0 Å². The number of halogens is 1. The van der Waals surface area contributed by atoms with Gasteiger partial charge in [0.25, 0.3) is 0 Å². The molecule has 0 amide bonds. The number of hydrogen-bond donors (Lipinski definition) is 1. The zero-order valence-electron chi connectivity index (χ0n) is 11.0. The lowest BCUT2D eigenvalue weighted by atomic mass is 10.1. The van der Waals surface area contributed by atoms with Crippen LogP contribution in [0.1, 0.15) is 33.3 Å². The fraction of sp³-hybridized carbons (Fsp3) is 0.571. The van der Waals surface area contributed by atoms with Crippen molar-refractivity contribution in [2.45, 2.75) is 50.3 Å². The van der Waals surface area contributed by atoms with Gasteiger partial charge in [0.2, 0.25) is 0 Å². The smallest absolute Gasteiger partial charge is 0.0409 e. The standard InChI is InChI=1S/C14H22ClNS/c1-9(2)11(4)17-14-6-5-13(15)8-12(14)7-10(3)16/h5-6,8-11H,7,16H2,1-4H3. The normalized spacial score (nSPS) is 15.0. The van der Waals surface area contributed by atoms with Crippen molar-refractivity contribution in [3.8, 4) is 0 Å². The van der Waals surface area contributed by atoms with Crippen molar-refractivity contribution in [1.29, 1.82) is 0 Å². The summed E-state index contributed by atoms with van der Waals surface area (Å²) in [5, 5.41) is 1.39. The summed E-state index contributed by atoms with van der Waals surface area (Å²) < 4.78 is 0. The summed E-state index contributed by atoms with van der Waals surface area (Å²) in [6.07, 6.45) is 0.883. The molecular formula is C14H22ClNS. The van der Waals surface area contributed by atoms with Gasteiger partial charge in [-0.25, -0.2) is 0 Å². The Morgan fingerprint density at radius 3 is 2.41 bits per heavy atom. The van der Waals surface area contributed by atoms with Gasteiger partial charge in [-0.1, -0.05) is 32.4 Å². The van der Waals surface area contributed by atoms with Crippen LogP contribution in [0.25, 0.3) is 0 Å². The number of nitrogens with two attached hydrogens (primary N) is 1. The highest BCUT2D eigenvalue weighted by atomic mass is 35.5. The summed E-state index contributed by atoms with van der Waals surface area (Å²) in [5.74, 6) is 0.666. The van der Waals surface area contributed by atoms with E-state index in [4.69, 9.17) is 17.3 Å². The maximum Gasteiger partial charge on any atom is 0.0409 e. The molecule has 0 aromatic heterocycles. The molecule has 1 aromatic rings. The molecule has 2 N–H and O–H groups in total. The van der Waals surface area contributed by atoms with E-state index in [-0.39, 0.29) is 6.04 Å². The second kappa shape index (κ2) is 6.67. The van der Waals surface area contributed by atoms with Gasteiger partial charge in [-0.05, 0) is 43.0 Å². The van der Waals surface area contributed by atoms with Gasteiger partial charge in [-0.2, -0.15) is 0 Å². The van der Waals surface area contributed by atoms with Gasteiger partial charge in [0.15, 0.2) is 0 Å². The van der Waals surface area contributed by atoms with Crippen molar-refractivity contribution in [3.05, 3.63) is 28.8 Å². The molecule has 1 rings (SSSR count). The minimum atomic E-state index is 0.169. The molecule has 0 saturated heterocycles. The van der Waals surface area contributed by atoms with Gasteiger partial charge >= 0.3 is 0 Å². The van der Waals surface area contributed by atoms with Gasteiger partial charge in [-0.3, -0.25) is 0 Å². The third-order valence-electron chi connectivity index (χ3n) is 2.82. The highest BCUT2D eigenvalue weighted by Gasteiger charge is 2.13. The molecule has 0 radical (unpaired) electrons. The number of rotatable bonds is 5. The van der Waals surface area contributed by atoms with Gasteiger partial charge in [-0.15, -0.1) is 11.8 Å². The SMILES string of the molecule is CC(N)Cc1cc(Cl)ccc1SC(C)C(C)C. The lowest BCUT2D eigenvalue weighted by Gasteiger charge is -2.18. The van der Waals surface area contributed by atoms with Crippen molar-refractivity contribution in [3.63, 3.8) is 0 Å². The van der Waals surface area contributed by atoms with Crippen LogP contribution in [0.2, 0.25) is 5.02 Å². The predicted molar refractivity (Wildman–Crippen MR) is 79.0 cm³/mol. The van der Waals surface area contributed by atoms with Crippen LogP contribution in [0.3, 0.4) is 0 Å². The minimum absolute atomic E-state index is 0.169. The Morgan fingerprint density at radius 1 is 1.24 bits per heavy atom. The Bertz CT molecular complexity index is 363. The van der Waals surface area contributed by atoms with E-state index in [0.29, 0.717) is 11.2 Å². The van der Waals surface area contributed by atoms with Crippen molar-refractivity contribution in [2.24, 2.45) is 11.7 Å². The summed E-state index contributed by atoms with van der Waals surface area (Å²) >= 11 is 7.96. The molecule has 0 spiro atoms. The second-order valence-corrected chi connectivity index (χ2v) is 6.86. The molecule has 1 nitrogen and oxygen atoms in total. The van der Waals surface area contributed by atoms with Gasteiger partial charge in [0, 0.05) is 21.2 Å². The Kier molecular flexibility index (Phi) is 5.84. The van der Waals surface area contributed by atoms with E-state index in [1.54, 1.807) is 0 Å². The molecular weight excluding hydrogens is 250 g/mol. The molecule has 0 heterocycles. The topological polar surface area (TPSA) is 26.0 Å². The molecule has 17 heavy (non-hydrogen) atoms. The van der Waals surface area contributed by atoms with E-state index in [2.05, 4.69) is 26.8 Å². The van der Waals surface area contributed by atoms with Crippen LogP contribution in [0.5, 0.6) is 0 Å².